The van der Waals surface area contributed by atoms with Crippen LogP contribution in [0.2, 0.25) is 0 Å². The third-order valence-corrected chi connectivity index (χ3v) is 4.18. The van der Waals surface area contributed by atoms with E-state index in [-0.39, 0.29) is 5.91 Å². The molecule has 0 unspecified atom stereocenters. The minimum absolute atomic E-state index is 0.215. The number of fused-ring (bicyclic) bond motifs is 1. The van der Waals surface area contributed by atoms with Gasteiger partial charge in [0.1, 0.15) is 6.10 Å². The molecule has 2 heterocycles. The van der Waals surface area contributed by atoms with Crippen LogP contribution in [0.4, 0.5) is 0 Å². The van der Waals surface area contributed by atoms with Crippen molar-refractivity contribution in [1.82, 2.24) is 10.3 Å². The molecule has 0 bridgehead atoms. The highest BCUT2D eigenvalue weighted by Crippen LogP contribution is 2.20. The molecule has 1 amide bonds. The maximum atomic E-state index is 12.0. The van der Waals surface area contributed by atoms with Crippen LogP contribution in [-0.2, 0) is 20.7 Å². The first-order valence-corrected chi connectivity index (χ1v) is 7.86. The molecule has 2 atom stereocenters. The number of aromatic amines is 1. The van der Waals surface area contributed by atoms with E-state index in [0.29, 0.717) is 19.4 Å². The first-order valence-electron chi connectivity index (χ1n) is 7.86. The molecule has 0 aliphatic carbocycles. The van der Waals surface area contributed by atoms with Gasteiger partial charge in [-0.25, -0.2) is 4.79 Å². The maximum absolute atomic E-state index is 12.0. The molecule has 3 N–H and O–H groups in total. The predicted octanol–water partition coefficient (Wildman–Crippen LogP) is 1.85. The number of aryl methyl sites for hydroxylation is 1. The van der Waals surface area contributed by atoms with E-state index in [4.69, 9.17) is 9.84 Å². The summed E-state index contributed by atoms with van der Waals surface area (Å²) in [5.74, 6) is -1.22. The zero-order valence-electron chi connectivity index (χ0n) is 12.7. The molecule has 1 fully saturated rings. The van der Waals surface area contributed by atoms with Gasteiger partial charge in [-0.15, -0.1) is 0 Å². The van der Waals surface area contributed by atoms with E-state index in [2.05, 4.69) is 16.4 Å². The van der Waals surface area contributed by atoms with Crippen molar-refractivity contribution in [3.63, 3.8) is 0 Å². The van der Waals surface area contributed by atoms with Gasteiger partial charge in [-0.1, -0.05) is 18.2 Å². The van der Waals surface area contributed by atoms with E-state index < -0.39 is 18.2 Å². The minimum Gasteiger partial charge on any atom is -0.479 e. The van der Waals surface area contributed by atoms with Crippen LogP contribution >= 0.6 is 0 Å². The number of rotatable bonds is 6. The van der Waals surface area contributed by atoms with Crippen LogP contribution in [0.15, 0.2) is 30.5 Å². The van der Waals surface area contributed by atoms with Crippen molar-refractivity contribution >= 4 is 22.8 Å². The number of carbonyl (C=O) groups excluding carboxylic acids is 1. The van der Waals surface area contributed by atoms with E-state index in [1.54, 1.807) is 0 Å². The lowest BCUT2D eigenvalue weighted by Gasteiger charge is -2.11. The van der Waals surface area contributed by atoms with Gasteiger partial charge in [0.05, 0.1) is 0 Å². The summed E-state index contributed by atoms with van der Waals surface area (Å²) in [6.07, 6.45) is 3.06. The molecule has 2 aromatic rings. The van der Waals surface area contributed by atoms with Gasteiger partial charge in [0.15, 0.2) is 6.10 Å². The largest absolute Gasteiger partial charge is 0.479 e. The molecule has 1 saturated heterocycles. The van der Waals surface area contributed by atoms with Gasteiger partial charge in [0.2, 0.25) is 5.91 Å². The summed E-state index contributed by atoms with van der Waals surface area (Å²) in [5, 5.41) is 12.9. The van der Waals surface area contributed by atoms with Crippen molar-refractivity contribution in [3.8, 4) is 0 Å². The quantitative estimate of drug-likeness (QED) is 0.709. The van der Waals surface area contributed by atoms with E-state index in [0.717, 1.165) is 18.4 Å². The Morgan fingerprint density at radius 1 is 1.26 bits per heavy atom. The number of nitrogens with one attached hydrogen (secondary N) is 2. The van der Waals surface area contributed by atoms with Crippen LogP contribution < -0.4 is 5.32 Å². The highest BCUT2D eigenvalue weighted by Gasteiger charge is 2.34. The van der Waals surface area contributed by atoms with Gasteiger partial charge in [0, 0.05) is 23.6 Å². The fourth-order valence-corrected chi connectivity index (χ4v) is 2.95. The van der Waals surface area contributed by atoms with E-state index in [1.807, 2.05) is 24.4 Å². The Labute approximate surface area is 133 Å². The van der Waals surface area contributed by atoms with Gasteiger partial charge >= 0.3 is 5.97 Å². The Kier molecular flexibility index (Phi) is 4.62. The number of benzene rings is 1. The fraction of sp³-hybridized carbons (Fsp3) is 0.412. The Balaban J connectivity index is 1.43. The van der Waals surface area contributed by atoms with Crippen LogP contribution in [0, 0.1) is 0 Å². The van der Waals surface area contributed by atoms with Crippen molar-refractivity contribution in [2.24, 2.45) is 0 Å². The average Bonchev–Trinajstić information content (AvgIpc) is 3.19. The second-order valence-corrected chi connectivity index (χ2v) is 5.78. The second-order valence-electron chi connectivity index (χ2n) is 5.78. The van der Waals surface area contributed by atoms with Gasteiger partial charge in [-0.2, -0.15) is 0 Å². The minimum atomic E-state index is -1.00. The summed E-state index contributed by atoms with van der Waals surface area (Å²) in [6, 6.07) is 8.13. The summed E-state index contributed by atoms with van der Waals surface area (Å²) >= 11 is 0. The molecular weight excluding hydrogens is 296 g/mol. The molecule has 1 aromatic carbocycles. The molecule has 3 rings (SSSR count). The van der Waals surface area contributed by atoms with Crippen molar-refractivity contribution < 1.29 is 19.4 Å². The normalized spacial score (nSPS) is 20.7. The number of carboxylic acid groups (broad SMARTS) is 1. The number of hydrogen-bond donors (Lipinski definition) is 3. The Morgan fingerprint density at radius 3 is 2.83 bits per heavy atom. The molecule has 0 saturated carbocycles. The summed E-state index contributed by atoms with van der Waals surface area (Å²) in [5.41, 5.74) is 2.35. The van der Waals surface area contributed by atoms with Crippen LogP contribution in [-0.4, -0.2) is 40.7 Å². The molecule has 0 radical (unpaired) electrons. The number of carbonyl (C=O) groups is 2. The Bertz CT molecular complexity index is 709. The topological polar surface area (TPSA) is 91.4 Å². The molecule has 1 aliphatic heterocycles. The van der Waals surface area contributed by atoms with Gasteiger partial charge in [-0.05, 0) is 37.3 Å². The van der Waals surface area contributed by atoms with E-state index >= 15 is 0 Å². The van der Waals surface area contributed by atoms with Crippen molar-refractivity contribution in [2.45, 2.75) is 37.9 Å². The molecule has 6 nitrogen and oxygen atoms in total. The summed E-state index contributed by atoms with van der Waals surface area (Å²) in [7, 11) is 0. The third kappa shape index (κ3) is 3.53. The first-order chi connectivity index (χ1) is 11.1. The summed E-state index contributed by atoms with van der Waals surface area (Å²) in [6.45, 7) is 0.552. The summed E-state index contributed by atoms with van der Waals surface area (Å²) < 4.78 is 5.23. The smallest absolute Gasteiger partial charge is 0.332 e. The number of hydrogen-bond acceptors (Lipinski definition) is 3. The third-order valence-electron chi connectivity index (χ3n) is 4.18. The lowest BCUT2D eigenvalue weighted by Crippen LogP contribution is -2.36. The number of aliphatic carboxylic acids is 1. The number of aromatic nitrogens is 1. The highest BCUT2D eigenvalue weighted by molar-refractivity contribution is 5.83. The standard InChI is InChI=1S/C17H20N2O4/c20-16(14-7-8-15(23-14)17(21)22)18-9-3-4-11-10-19-13-6-2-1-5-12(11)13/h1-2,5-6,10,14-15,19H,3-4,7-9H2,(H,18,20)(H,21,22)/t14-,15+/m0/s1. The molecule has 1 aliphatic rings. The van der Waals surface area contributed by atoms with Crippen molar-refractivity contribution in [2.75, 3.05) is 6.54 Å². The van der Waals surface area contributed by atoms with Crippen LogP contribution in [0.5, 0.6) is 0 Å². The number of H-pyrrole nitrogens is 1. The second kappa shape index (κ2) is 6.83. The molecule has 0 spiro atoms. The molecule has 23 heavy (non-hydrogen) atoms. The molecule has 1 aromatic heterocycles. The van der Waals surface area contributed by atoms with E-state index in [9.17, 15) is 9.59 Å². The molecule has 6 heteroatoms. The van der Waals surface area contributed by atoms with Crippen molar-refractivity contribution in [3.05, 3.63) is 36.0 Å². The van der Waals surface area contributed by atoms with Crippen LogP contribution in [0.3, 0.4) is 0 Å². The highest BCUT2D eigenvalue weighted by atomic mass is 16.5. The number of para-hydroxylation sites is 1. The van der Waals surface area contributed by atoms with Gasteiger partial charge in [0.25, 0.3) is 0 Å². The van der Waals surface area contributed by atoms with Crippen LogP contribution in [0.1, 0.15) is 24.8 Å². The zero-order valence-corrected chi connectivity index (χ0v) is 12.7. The molecular formula is C17H20N2O4. The van der Waals surface area contributed by atoms with E-state index in [1.165, 1.54) is 10.9 Å². The Morgan fingerprint density at radius 2 is 2.04 bits per heavy atom. The Hall–Kier alpha value is -2.34. The number of amides is 1. The van der Waals surface area contributed by atoms with Crippen molar-refractivity contribution in [1.29, 1.82) is 0 Å². The fourth-order valence-electron chi connectivity index (χ4n) is 2.95. The zero-order chi connectivity index (χ0) is 16.2. The maximum Gasteiger partial charge on any atom is 0.332 e. The molecule has 122 valence electrons. The lowest BCUT2D eigenvalue weighted by atomic mass is 10.1. The number of carboxylic acids is 1. The summed E-state index contributed by atoms with van der Waals surface area (Å²) in [4.78, 5) is 26.0. The first kappa shape index (κ1) is 15.6. The van der Waals surface area contributed by atoms with Gasteiger partial charge in [-0.3, -0.25) is 4.79 Å². The average molecular weight is 316 g/mol. The monoisotopic (exact) mass is 316 g/mol. The van der Waals surface area contributed by atoms with Gasteiger partial charge < -0.3 is 20.1 Å². The predicted molar refractivity (Wildman–Crippen MR) is 85.2 cm³/mol. The van der Waals surface area contributed by atoms with Crippen LogP contribution in [0.25, 0.3) is 10.9 Å². The SMILES string of the molecule is O=C(NCCCc1c[nH]c2ccccc12)[C@@H]1CC[C@H](C(=O)O)O1. The number of ether oxygens (including phenoxy) is 1. The lowest BCUT2D eigenvalue weighted by molar-refractivity contribution is -0.151.